The average Bonchev–Trinajstić information content (AvgIpc) is 2.37. The van der Waals surface area contributed by atoms with E-state index in [1.807, 2.05) is 0 Å². The molecule has 0 radical (unpaired) electrons. The Morgan fingerprint density at radius 2 is 1.79 bits per heavy atom. The van der Waals surface area contributed by atoms with Crippen molar-refractivity contribution in [2.24, 2.45) is 23.7 Å². The molecule has 0 aromatic carbocycles. The van der Waals surface area contributed by atoms with E-state index in [1.54, 1.807) is 12.3 Å². The van der Waals surface area contributed by atoms with Gasteiger partial charge in [0.15, 0.2) is 5.82 Å². The topological polar surface area (TPSA) is 61.0 Å². The van der Waals surface area contributed by atoms with Crippen molar-refractivity contribution in [3.05, 3.63) is 18.1 Å². The van der Waals surface area contributed by atoms with Crippen molar-refractivity contribution in [3.8, 4) is 0 Å². The number of aromatic nitrogens is 2. The third-order valence-electron chi connectivity index (χ3n) is 5.27. The van der Waals surface area contributed by atoms with Crippen LogP contribution in [0.5, 0.6) is 0 Å². The first-order valence-corrected chi connectivity index (χ1v) is 7.47. The maximum atomic E-state index is 6.18. The zero-order valence-electron chi connectivity index (χ0n) is 11.2. The highest BCUT2D eigenvalue weighted by Crippen LogP contribution is 2.54. The minimum Gasteiger partial charge on any atom is -0.384 e. The smallest absolute Gasteiger partial charge is 0.156 e. The van der Waals surface area contributed by atoms with Crippen molar-refractivity contribution in [1.82, 2.24) is 9.97 Å². The van der Waals surface area contributed by atoms with Gasteiger partial charge in [-0.2, -0.15) is 0 Å². The number of hydrogen-bond donors (Lipinski definition) is 1. The summed E-state index contributed by atoms with van der Waals surface area (Å²) >= 11 is 0. The van der Waals surface area contributed by atoms with Crippen LogP contribution in [0.1, 0.15) is 37.9 Å². The van der Waals surface area contributed by atoms with E-state index < -0.39 is 0 Å². The first-order chi connectivity index (χ1) is 9.28. The predicted octanol–water partition coefficient (Wildman–Crippen LogP) is 2.40. The number of ether oxygens (including phenoxy) is 1. The Balaban J connectivity index is 1.43. The first kappa shape index (κ1) is 11.6. The molecule has 1 aromatic heterocycles. The van der Waals surface area contributed by atoms with Gasteiger partial charge in [-0.1, -0.05) is 0 Å². The van der Waals surface area contributed by atoms with Crippen LogP contribution in [-0.4, -0.2) is 16.1 Å². The molecule has 4 aliphatic carbocycles. The van der Waals surface area contributed by atoms with Gasteiger partial charge in [-0.25, -0.2) is 9.97 Å². The molecule has 0 amide bonds. The van der Waals surface area contributed by atoms with Crippen molar-refractivity contribution < 1.29 is 4.74 Å². The molecule has 4 fully saturated rings. The summed E-state index contributed by atoms with van der Waals surface area (Å²) in [5.41, 5.74) is 5.68. The fourth-order valence-corrected chi connectivity index (χ4v) is 4.80. The van der Waals surface area contributed by atoms with Crippen molar-refractivity contribution >= 4 is 5.82 Å². The summed E-state index contributed by atoms with van der Waals surface area (Å²) in [6.45, 7) is 0.512. The van der Waals surface area contributed by atoms with Crippen molar-refractivity contribution in [2.45, 2.75) is 44.8 Å². The maximum Gasteiger partial charge on any atom is 0.156 e. The van der Waals surface area contributed by atoms with E-state index in [2.05, 4.69) is 9.97 Å². The quantitative estimate of drug-likeness (QED) is 0.905. The lowest BCUT2D eigenvalue weighted by Crippen LogP contribution is -2.49. The minimum atomic E-state index is 0.442. The lowest BCUT2D eigenvalue weighted by Gasteiger charge is -2.53. The van der Waals surface area contributed by atoms with Crippen LogP contribution in [0.15, 0.2) is 12.3 Å². The second-order valence-corrected chi connectivity index (χ2v) is 6.60. The molecule has 0 atom stereocenters. The number of nitrogens with two attached hydrogens (primary N) is 1. The van der Waals surface area contributed by atoms with E-state index in [0.29, 0.717) is 24.4 Å². The number of nitrogen functional groups attached to an aromatic ring is 1. The number of hydrogen-bond acceptors (Lipinski definition) is 4. The Kier molecular flexibility index (Phi) is 2.72. The van der Waals surface area contributed by atoms with Gasteiger partial charge in [-0.3, -0.25) is 0 Å². The highest BCUT2D eigenvalue weighted by Gasteiger charge is 2.48. The summed E-state index contributed by atoms with van der Waals surface area (Å²) in [5.74, 6) is 4.80. The van der Waals surface area contributed by atoms with E-state index >= 15 is 0 Å². The molecule has 4 aliphatic rings. The fraction of sp³-hybridized carbons (Fsp3) is 0.733. The van der Waals surface area contributed by atoms with Crippen LogP contribution >= 0.6 is 0 Å². The van der Waals surface area contributed by atoms with Crippen molar-refractivity contribution in [1.29, 1.82) is 0 Å². The molecule has 4 bridgehead atoms. The molecule has 0 unspecified atom stereocenters. The lowest BCUT2D eigenvalue weighted by atomic mass is 9.55. The summed E-state index contributed by atoms with van der Waals surface area (Å²) < 4.78 is 6.18. The van der Waals surface area contributed by atoms with E-state index in [0.717, 1.165) is 23.7 Å². The van der Waals surface area contributed by atoms with E-state index in [1.165, 1.54) is 32.1 Å². The molecule has 0 saturated heterocycles. The van der Waals surface area contributed by atoms with Gasteiger partial charge in [-0.05, 0) is 61.8 Å². The van der Waals surface area contributed by atoms with Gasteiger partial charge in [-0.15, -0.1) is 0 Å². The SMILES string of the molecule is Nc1ccnc(COC2C3CC4CC(C3)CC2C4)n1. The molecule has 1 aromatic rings. The molecule has 4 heteroatoms. The zero-order chi connectivity index (χ0) is 12.8. The van der Waals surface area contributed by atoms with Crippen LogP contribution in [-0.2, 0) is 11.3 Å². The molecule has 2 N–H and O–H groups in total. The van der Waals surface area contributed by atoms with Gasteiger partial charge < -0.3 is 10.5 Å². The second-order valence-electron chi connectivity index (χ2n) is 6.60. The van der Waals surface area contributed by atoms with Gasteiger partial charge in [0.2, 0.25) is 0 Å². The summed E-state index contributed by atoms with van der Waals surface area (Å²) in [5, 5.41) is 0. The molecule has 102 valence electrons. The Hall–Kier alpha value is -1.16. The van der Waals surface area contributed by atoms with Crippen LogP contribution in [0.2, 0.25) is 0 Å². The molecule has 19 heavy (non-hydrogen) atoms. The molecule has 0 aliphatic heterocycles. The monoisotopic (exact) mass is 259 g/mol. The third-order valence-corrected chi connectivity index (χ3v) is 5.27. The molecular formula is C15H21N3O. The highest BCUT2D eigenvalue weighted by molar-refractivity contribution is 5.24. The van der Waals surface area contributed by atoms with Crippen LogP contribution in [0.3, 0.4) is 0 Å². The molecule has 0 spiro atoms. The molecule has 5 rings (SSSR count). The van der Waals surface area contributed by atoms with Crippen LogP contribution in [0.25, 0.3) is 0 Å². The average molecular weight is 259 g/mol. The van der Waals surface area contributed by atoms with Gasteiger partial charge in [0, 0.05) is 6.20 Å². The van der Waals surface area contributed by atoms with Gasteiger partial charge in [0.25, 0.3) is 0 Å². The summed E-state index contributed by atoms with van der Waals surface area (Å²) in [4.78, 5) is 8.44. The van der Waals surface area contributed by atoms with Crippen LogP contribution in [0.4, 0.5) is 5.82 Å². The third kappa shape index (κ3) is 2.12. The van der Waals surface area contributed by atoms with Crippen LogP contribution in [0, 0.1) is 23.7 Å². The summed E-state index contributed by atoms with van der Waals surface area (Å²) in [7, 11) is 0. The molecule has 4 nitrogen and oxygen atoms in total. The normalized spacial score (nSPS) is 39.7. The summed E-state index contributed by atoms with van der Waals surface area (Å²) in [6.07, 6.45) is 9.17. The Morgan fingerprint density at radius 3 is 2.42 bits per heavy atom. The Morgan fingerprint density at radius 1 is 1.11 bits per heavy atom. The number of anilines is 1. The first-order valence-electron chi connectivity index (χ1n) is 7.47. The molecule has 1 heterocycles. The predicted molar refractivity (Wildman–Crippen MR) is 72.1 cm³/mol. The Bertz CT molecular complexity index is 448. The highest BCUT2D eigenvalue weighted by atomic mass is 16.5. The van der Waals surface area contributed by atoms with E-state index in [9.17, 15) is 0 Å². The van der Waals surface area contributed by atoms with E-state index in [-0.39, 0.29) is 0 Å². The second kappa shape index (κ2) is 4.44. The minimum absolute atomic E-state index is 0.442. The summed E-state index contributed by atoms with van der Waals surface area (Å²) in [6, 6.07) is 1.71. The number of nitrogens with zero attached hydrogens (tertiary/aromatic N) is 2. The van der Waals surface area contributed by atoms with Gasteiger partial charge >= 0.3 is 0 Å². The molecule has 4 saturated carbocycles. The lowest BCUT2D eigenvalue weighted by molar-refractivity contribution is -0.133. The maximum absolute atomic E-state index is 6.18. The van der Waals surface area contributed by atoms with Gasteiger partial charge in [0.1, 0.15) is 12.4 Å². The number of rotatable bonds is 3. The van der Waals surface area contributed by atoms with Gasteiger partial charge in [0.05, 0.1) is 6.10 Å². The fourth-order valence-electron chi connectivity index (χ4n) is 4.80. The van der Waals surface area contributed by atoms with E-state index in [4.69, 9.17) is 10.5 Å². The van der Waals surface area contributed by atoms with Crippen molar-refractivity contribution in [3.63, 3.8) is 0 Å². The standard InChI is InChI=1S/C15H21N3O/c16-13-1-2-17-14(18-13)8-19-15-11-4-9-3-10(6-11)7-12(15)5-9/h1-2,9-12,15H,3-8H2,(H2,16,17,18). The zero-order valence-corrected chi connectivity index (χ0v) is 11.2. The van der Waals surface area contributed by atoms with Crippen LogP contribution < -0.4 is 5.73 Å². The van der Waals surface area contributed by atoms with Crippen molar-refractivity contribution in [2.75, 3.05) is 5.73 Å². The largest absolute Gasteiger partial charge is 0.384 e. The Labute approximate surface area is 113 Å². The molecular weight excluding hydrogens is 238 g/mol.